The Balaban J connectivity index is 2.36. The fourth-order valence-corrected chi connectivity index (χ4v) is 2.09. The first-order valence-corrected chi connectivity index (χ1v) is 6.86. The summed E-state index contributed by atoms with van der Waals surface area (Å²) in [6.45, 7) is 6.18. The van der Waals surface area contributed by atoms with Gasteiger partial charge in [-0.1, -0.05) is 22.9 Å². The lowest BCUT2D eigenvalue weighted by atomic mass is 10.2. The summed E-state index contributed by atoms with van der Waals surface area (Å²) in [7, 11) is 0. The van der Waals surface area contributed by atoms with Crippen molar-refractivity contribution in [3.63, 3.8) is 0 Å². The van der Waals surface area contributed by atoms with Crippen LogP contribution in [0.2, 0.25) is 0 Å². The summed E-state index contributed by atoms with van der Waals surface area (Å²) in [6.07, 6.45) is 1.14. The molecule has 1 amide bonds. The molecule has 16 heavy (non-hydrogen) atoms. The Morgan fingerprint density at radius 1 is 1.56 bits per heavy atom. The molecule has 1 saturated heterocycles. The maximum Gasteiger partial charge on any atom is 0.248 e. The molecule has 2 atom stereocenters. The smallest absolute Gasteiger partial charge is 0.248 e. The Hall–Kier alpha value is -0.130. The molecule has 5 heteroatoms. The SMILES string of the molecule is CCCOCC(=O)N1CC(C)OC(CBr)C1. The number of hydrogen-bond acceptors (Lipinski definition) is 3. The van der Waals surface area contributed by atoms with Crippen molar-refractivity contribution in [3.05, 3.63) is 0 Å². The van der Waals surface area contributed by atoms with Crippen molar-refractivity contribution in [1.82, 2.24) is 4.90 Å². The van der Waals surface area contributed by atoms with Crippen molar-refractivity contribution in [2.24, 2.45) is 0 Å². The van der Waals surface area contributed by atoms with E-state index in [-0.39, 0.29) is 24.7 Å². The van der Waals surface area contributed by atoms with Crippen LogP contribution >= 0.6 is 15.9 Å². The molecule has 0 N–H and O–H groups in total. The van der Waals surface area contributed by atoms with Gasteiger partial charge in [0.15, 0.2) is 0 Å². The number of halogens is 1. The Kier molecular flexibility index (Phi) is 6.31. The number of carbonyl (C=O) groups excluding carboxylic acids is 1. The molecule has 0 aromatic carbocycles. The minimum atomic E-state index is 0.0644. The van der Waals surface area contributed by atoms with E-state index in [4.69, 9.17) is 9.47 Å². The van der Waals surface area contributed by atoms with Crippen molar-refractivity contribution in [1.29, 1.82) is 0 Å². The van der Waals surface area contributed by atoms with E-state index >= 15 is 0 Å². The number of hydrogen-bond donors (Lipinski definition) is 0. The number of nitrogens with zero attached hydrogens (tertiary/aromatic N) is 1. The topological polar surface area (TPSA) is 38.8 Å². The van der Waals surface area contributed by atoms with Crippen LogP contribution in [0.25, 0.3) is 0 Å². The summed E-state index contributed by atoms with van der Waals surface area (Å²) in [6, 6.07) is 0. The van der Waals surface area contributed by atoms with E-state index in [1.54, 1.807) is 0 Å². The van der Waals surface area contributed by atoms with Crippen LogP contribution in [0, 0.1) is 0 Å². The Labute approximate surface area is 105 Å². The summed E-state index contributed by atoms with van der Waals surface area (Å²) in [5.74, 6) is 0.0644. The lowest BCUT2D eigenvalue weighted by Gasteiger charge is -2.36. The average molecular weight is 294 g/mol. The lowest BCUT2D eigenvalue weighted by Crippen LogP contribution is -2.50. The van der Waals surface area contributed by atoms with Crippen LogP contribution in [0.4, 0.5) is 0 Å². The third-order valence-corrected chi connectivity index (χ3v) is 3.15. The highest BCUT2D eigenvalue weighted by Crippen LogP contribution is 2.13. The van der Waals surface area contributed by atoms with Gasteiger partial charge in [0, 0.05) is 25.0 Å². The number of rotatable bonds is 5. The van der Waals surface area contributed by atoms with Crippen LogP contribution in [-0.2, 0) is 14.3 Å². The minimum absolute atomic E-state index is 0.0644. The van der Waals surface area contributed by atoms with E-state index in [0.29, 0.717) is 19.7 Å². The van der Waals surface area contributed by atoms with Gasteiger partial charge in [-0.25, -0.2) is 0 Å². The van der Waals surface area contributed by atoms with Crippen LogP contribution in [0.1, 0.15) is 20.3 Å². The van der Waals surface area contributed by atoms with Gasteiger partial charge in [0.05, 0.1) is 12.2 Å². The quantitative estimate of drug-likeness (QED) is 0.569. The molecule has 2 unspecified atom stereocenters. The third-order valence-electron chi connectivity index (χ3n) is 2.43. The molecule has 1 rings (SSSR count). The molecule has 1 fully saturated rings. The molecule has 0 bridgehead atoms. The summed E-state index contributed by atoms with van der Waals surface area (Å²) in [4.78, 5) is 13.6. The van der Waals surface area contributed by atoms with Gasteiger partial charge >= 0.3 is 0 Å². The average Bonchev–Trinajstić information content (AvgIpc) is 2.28. The lowest BCUT2D eigenvalue weighted by molar-refractivity contribution is -0.147. The first kappa shape index (κ1) is 13.9. The first-order valence-electron chi connectivity index (χ1n) is 5.74. The predicted molar refractivity (Wildman–Crippen MR) is 65.8 cm³/mol. The van der Waals surface area contributed by atoms with Crippen molar-refractivity contribution >= 4 is 21.8 Å². The molecule has 0 aliphatic carbocycles. The van der Waals surface area contributed by atoms with Crippen molar-refractivity contribution in [2.75, 3.05) is 31.6 Å². The number of morpholine rings is 1. The van der Waals surface area contributed by atoms with Gasteiger partial charge in [-0.3, -0.25) is 4.79 Å². The normalized spacial score (nSPS) is 25.8. The van der Waals surface area contributed by atoms with E-state index in [0.717, 1.165) is 11.8 Å². The second-order valence-corrected chi connectivity index (χ2v) is 4.72. The summed E-state index contributed by atoms with van der Waals surface area (Å²) in [5, 5.41) is 0.761. The summed E-state index contributed by atoms with van der Waals surface area (Å²) >= 11 is 3.38. The van der Waals surface area contributed by atoms with Gasteiger partial charge in [0.1, 0.15) is 6.61 Å². The van der Waals surface area contributed by atoms with Gasteiger partial charge in [-0.2, -0.15) is 0 Å². The van der Waals surface area contributed by atoms with Gasteiger partial charge in [0.25, 0.3) is 0 Å². The highest BCUT2D eigenvalue weighted by Gasteiger charge is 2.27. The van der Waals surface area contributed by atoms with Crippen LogP contribution in [-0.4, -0.2) is 54.6 Å². The molecule has 1 aliphatic rings. The number of amides is 1. The van der Waals surface area contributed by atoms with E-state index in [1.807, 2.05) is 18.7 Å². The molecular formula is C11H20BrNO3. The number of ether oxygens (including phenoxy) is 2. The Morgan fingerprint density at radius 3 is 2.94 bits per heavy atom. The molecule has 0 aromatic heterocycles. The van der Waals surface area contributed by atoms with Crippen LogP contribution < -0.4 is 0 Å². The Morgan fingerprint density at radius 2 is 2.31 bits per heavy atom. The maximum atomic E-state index is 11.8. The van der Waals surface area contributed by atoms with Crippen LogP contribution in [0.5, 0.6) is 0 Å². The predicted octanol–water partition coefficient (Wildman–Crippen LogP) is 1.42. The second-order valence-electron chi connectivity index (χ2n) is 4.07. The largest absolute Gasteiger partial charge is 0.372 e. The van der Waals surface area contributed by atoms with Crippen molar-refractivity contribution in [2.45, 2.75) is 32.5 Å². The third kappa shape index (κ3) is 4.39. The molecule has 4 nitrogen and oxygen atoms in total. The van der Waals surface area contributed by atoms with E-state index < -0.39 is 0 Å². The molecular weight excluding hydrogens is 274 g/mol. The molecule has 1 heterocycles. The summed E-state index contributed by atoms with van der Waals surface area (Å²) < 4.78 is 10.9. The van der Waals surface area contributed by atoms with Crippen LogP contribution in [0.3, 0.4) is 0 Å². The van der Waals surface area contributed by atoms with E-state index in [1.165, 1.54) is 0 Å². The zero-order chi connectivity index (χ0) is 12.0. The molecule has 1 aliphatic heterocycles. The number of alkyl halides is 1. The first-order chi connectivity index (χ1) is 7.67. The Bertz CT molecular complexity index is 225. The maximum absolute atomic E-state index is 11.8. The fraction of sp³-hybridized carbons (Fsp3) is 0.909. The molecule has 0 saturated carbocycles. The van der Waals surface area contributed by atoms with Gasteiger partial charge < -0.3 is 14.4 Å². The number of carbonyl (C=O) groups is 1. The zero-order valence-corrected chi connectivity index (χ0v) is 11.5. The molecule has 0 aromatic rings. The minimum Gasteiger partial charge on any atom is -0.372 e. The fourth-order valence-electron chi connectivity index (χ4n) is 1.73. The second kappa shape index (κ2) is 7.25. The summed E-state index contributed by atoms with van der Waals surface area (Å²) in [5.41, 5.74) is 0. The van der Waals surface area contributed by atoms with Crippen LogP contribution in [0.15, 0.2) is 0 Å². The van der Waals surface area contributed by atoms with Crippen molar-refractivity contribution in [3.8, 4) is 0 Å². The van der Waals surface area contributed by atoms with Crippen molar-refractivity contribution < 1.29 is 14.3 Å². The van der Waals surface area contributed by atoms with Gasteiger partial charge in [-0.15, -0.1) is 0 Å². The molecule has 0 radical (unpaired) electrons. The molecule has 94 valence electrons. The highest BCUT2D eigenvalue weighted by atomic mass is 79.9. The monoisotopic (exact) mass is 293 g/mol. The molecule has 0 spiro atoms. The van der Waals surface area contributed by atoms with Gasteiger partial charge in [0.2, 0.25) is 5.91 Å². The standard InChI is InChI=1S/C11H20BrNO3/c1-3-4-15-8-11(14)13-6-9(2)16-10(5-12)7-13/h9-10H,3-8H2,1-2H3. The zero-order valence-electron chi connectivity index (χ0n) is 9.95. The van der Waals surface area contributed by atoms with Gasteiger partial charge in [-0.05, 0) is 13.3 Å². The van der Waals surface area contributed by atoms with E-state index in [2.05, 4.69) is 15.9 Å². The van der Waals surface area contributed by atoms with E-state index in [9.17, 15) is 4.79 Å². The highest BCUT2D eigenvalue weighted by molar-refractivity contribution is 9.09.